The van der Waals surface area contributed by atoms with Gasteiger partial charge in [0, 0.05) is 55.8 Å². The van der Waals surface area contributed by atoms with E-state index in [-0.39, 0.29) is 11.1 Å². The average molecular weight is 488 g/mol. The number of benzene rings is 1. The molecule has 2 aliphatic carbocycles. The smallest absolute Gasteiger partial charge is 0.320 e. The molecule has 2 amide bonds. The van der Waals surface area contributed by atoms with Gasteiger partial charge in [-0.05, 0) is 89.1 Å². The molecule has 6 nitrogen and oxygen atoms in total. The third kappa shape index (κ3) is 4.17. The van der Waals surface area contributed by atoms with Gasteiger partial charge < -0.3 is 14.7 Å². The predicted molar refractivity (Wildman–Crippen MR) is 144 cm³/mol. The molecule has 192 valence electrons. The van der Waals surface area contributed by atoms with E-state index in [1.54, 1.807) is 0 Å². The number of rotatable bonds is 6. The van der Waals surface area contributed by atoms with Crippen molar-refractivity contribution in [2.45, 2.75) is 68.5 Å². The van der Waals surface area contributed by atoms with Gasteiger partial charge in [0.15, 0.2) is 0 Å². The van der Waals surface area contributed by atoms with E-state index >= 15 is 0 Å². The van der Waals surface area contributed by atoms with Crippen LogP contribution in [0.2, 0.25) is 0 Å². The van der Waals surface area contributed by atoms with Gasteiger partial charge in [0.1, 0.15) is 0 Å². The number of nitrogens with zero attached hydrogens (tertiary/aromatic N) is 5. The zero-order chi connectivity index (χ0) is 24.8. The third-order valence-electron chi connectivity index (χ3n) is 9.76. The van der Waals surface area contributed by atoms with E-state index < -0.39 is 0 Å². The molecule has 0 atom stereocenters. The summed E-state index contributed by atoms with van der Waals surface area (Å²) in [6.45, 7) is 3.89. The van der Waals surface area contributed by atoms with E-state index in [4.69, 9.17) is 0 Å². The Morgan fingerprint density at radius 3 is 2.19 bits per heavy atom. The van der Waals surface area contributed by atoms with Crippen molar-refractivity contribution < 1.29 is 4.79 Å². The lowest BCUT2D eigenvalue weighted by atomic mass is 9.68. The predicted octanol–water partition coefficient (Wildman–Crippen LogP) is 4.97. The lowest BCUT2D eigenvalue weighted by Gasteiger charge is -2.51. The molecule has 0 N–H and O–H groups in total. The molecule has 1 aromatic carbocycles. The zero-order valence-corrected chi connectivity index (χ0v) is 22.0. The molecule has 36 heavy (non-hydrogen) atoms. The Morgan fingerprint density at radius 1 is 0.917 bits per heavy atom. The summed E-state index contributed by atoms with van der Waals surface area (Å²) in [5, 5.41) is 0. The number of carbonyl (C=O) groups excluding carboxylic acids is 1. The second kappa shape index (κ2) is 9.37. The highest BCUT2D eigenvalue weighted by molar-refractivity contribution is 5.79. The van der Waals surface area contributed by atoms with Gasteiger partial charge in [-0.1, -0.05) is 30.3 Å². The SMILES string of the molecule is CN(C)[C@]1(c2ccccc2)CC[C@]2(CC1)CN(C1CCN(c3ccncc3)CC1)C(=O)N2CC1CC1. The summed E-state index contributed by atoms with van der Waals surface area (Å²) in [5.41, 5.74) is 2.72. The maximum absolute atomic E-state index is 14.0. The van der Waals surface area contributed by atoms with Crippen LogP contribution in [0, 0.1) is 5.92 Å². The van der Waals surface area contributed by atoms with Gasteiger partial charge >= 0.3 is 6.03 Å². The monoisotopic (exact) mass is 487 g/mol. The van der Waals surface area contributed by atoms with E-state index in [1.807, 2.05) is 12.4 Å². The first-order valence-electron chi connectivity index (χ1n) is 14.0. The van der Waals surface area contributed by atoms with Crippen molar-refractivity contribution in [3.05, 3.63) is 60.4 Å². The highest BCUT2D eigenvalue weighted by Gasteiger charge is 2.56. The first kappa shape index (κ1) is 23.8. The minimum Gasteiger partial charge on any atom is -0.371 e. The summed E-state index contributed by atoms with van der Waals surface area (Å²) >= 11 is 0. The minimum absolute atomic E-state index is 0.00377. The van der Waals surface area contributed by atoms with Crippen LogP contribution in [0.5, 0.6) is 0 Å². The van der Waals surface area contributed by atoms with Crippen LogP contribution in [0.4, 0.5) is 10.5 Å². The van der Waals surface area contributed by atoms with Crippen LogP contribution in [0.1, 0.15) is 56.9 Å². The number of pyridine rings is 1. The molecule has 2 saturated heterocycles. The molecule has 0 bridgehead atoms. The lowest BCUT2D eigenvalue weighted by Crippen LogP contribution is -2.55. The van der Waals surface area contributed by atoms with E-state index in [1.165, 1.54) is 24.1 Å². The molecule has 1 spiro atoms. The second-order valence-corrected chi connectivity index (χ2v) is 11.9. The van der Waals surface area contributed by atoms with Gasteiger partial charge in [-0.3, -0.25) is 9.88 Å². The van der Waals surface area contributed by atoms with Crippen LogP contribution in [-0.4, -0.2) is 77.6 Å². The molecule has 2 aliphatic heterocycles. The molecule has 1 aromatic heterocycles. The van der Waals surface area contributed by atoms with Gasteiger partial charge in [0.2, 0.25) is 0 Å². The van der Waals surface area contributed by atoms with E-state index in [9.17, 15) is 4.79 Å². The molecular formula is C30H41N5O. The standard InChI is InChI=1S/C30H41N5O/c1-32(2)30(25-6-4-3-5-7-25)16-14-29(15-17-30)23-34(28(36)35(29)22-24-8-9-24)27-12-20-33(21-13-27)26-10-18-31-19-11-26/h3-7,10-11,18-19,24,27H,8-9,12-17,20-23H2,1-2H3/t29-,30+. The third-order valence-corrected chi connectivity index (χ3v) is 9.76. The Labute approximate surface area is 216 Å². The molecule has 2 saturated carbocycles. The van der Waals surface area contributed by atoms with Crippen LogP contribution in [-0.2, 0) is 5.54 Å². The van der Waals surface area contributed by atoms with Crippen LogP contribution in [0.15, 0.2) is 54.9 Å². The Morgan fingerprint density at radius 2 is 1.58 bits per heavy atom. The van der Waals surface area contributed by atoms with E-state index in [2.05, 4.69) is 81.1 Å². The summed E-state index contributed by atoms with van der Waals surface area (Å²) in [7, 11) is 4.46. The van der Waals surface area contributed by atoms with Crippen LogP contribution in [0.3, 0.4) is 0 Å². The molecule has 0 unspecified atom stereocenters. The molecule has 4 fully saturated rings. The summed E-state index contributed by atoms with van der Waals surface area (Å²) in [5.74, 6) is 0.717. The topological polar surface area (TPSA) is 42.9 Å². The molecule has 3 heterocycles. The van der Waals surface area contributed by atoms with Gasteiger partial charge in [-0.25, -0.2) is 4.79 Å². The summed E-state index contributed by atoms with van der Waals surface area (Å²) in [4.78, 5) is 27.7. The first-order valence-corrected chi connectivity index (χ1v) is 14.0. The Balaban J connectivity index is 1.20. The average Bonchev–Trinajstić information content (AvgIpc) is 3.72. The highest BCUT2D eigenvalue weighted by Crippen LogP contribution is 2.50. The van der Waals surface area contributed by atoms with E-state index in [0.29, 0.717) is 18.0 Å². The fraction of sp³-hybridized carbons (Fsp3) is 0.600. The van der Waals surface area contributed by atoms with Crippen LogP contribution in [0.25, 0.3) is 0 Å². The maximum Gasteiger partial charge on any atom is 0.320 e. The molecule has 4 aliphatic rings. The van der Waals surface area contributed by atoms with Gasteiger partial charge in [0.05, 0.1) is 5.54 Å². The molecular weight excluding hydrogens is 446 g/mol. The molecule has 0 radical (unpaired) electrons. The fourth-order valence-corrected chi connectivity index (χ4v) is 7.23. The van der Waals surface area contributed by atoms with Crippen molar-refractivity contribution in [1.29, 1.82) is 0 Å². The number of amides is 2. The van der Waals surface area contributed by atoms with Crippen LogP contribution >= 0.6 is 0 Å². The second-order valence-electron chi connectivity index (χ2n) is 11.9. The molecule has 2 aromatic rings. The van der Waals surface area contributed by atoms with Crippen molar-refractivity contribution in [3.63, 3.8) is 0 Å². The number of anilines is 1. The van der Waals surface area contributed by atoms with Gasteiger partial charge in [0.25, 0.3) is 0 Å². The number of piperidine rings is 1. The van der Waals surface area contributed by atoms with Crippen molar-refractivity contribution in [3.8, 4) is 0 Å². The van der Waals surface area contributed by atoms with Gasteiger partial charge in [-0.15, -0.1) is 0 Å². The fourth-order valence-electron chi connectivity index (χ4n) is 7.23. The largest absolute Gasteiger partial charge is 0.371 e. The summed E-state index contributed by atoms with van der Waals surface area (Å²) in [6, 6.07) is 15.9. The lowest BCUT2D eigenvalue weighted by molar-refractivity contribution is 0.0226. The Bertz CT molecular complexity index is 1040. The minimum atomic E-state index is -0.00377. The van der Waals surface area contributed by atoms with Crippen molar-refractivity contribution >= 4 is 11.7 Å². The van der Waals surface area contributed by atoms with Crippen LogP contribution < -0.4 is 4.90 Å². The maximum atomic E-state index is 14.0. The van der Waals surface area contributed by atoms with Gasteiger partial charge in [-0.2, -0.15) is 0 Å². The normalized spacial score (nSPS) is 29.5. The number of urea groups is 1. The highest BCUT2D eigenvalue weighted by atomic mass is 16.2. The van der Waals surface area contributed by atoms with Crippen molar-refractivity contribution in [2.24, 2.45) is 5.92 Å². The zero-order valence-electron chi connectivity index (χ0n) is 22.0. The summed E-state index contributed by atoms with van der Waals surface area (Å²) in [6.07, 6.45) is 12.8. The molecule has 6 rings (SSSR count). The first-order chi connectivity index (χ1) is 17.5. The number of hydrogen-bond acceptors (Lipinski definition) is 4. The Kier molecular flexibility index (Phi) is 6.19. The Hall–Kier alpha value is -2.60. The summed E-state index contributed by atoms with van der Waals surface area (Å²) < 4.78 is 0. The quantitative estimate of drug-likeness (QED) is 0.577. The van der Waals surface area contributed by atoms with Crippen molar-refractivity contribution in [2.75, 3.05) is 45.2 Å². The number of carbonyl (C=O) groups is 1. The molecule has 6 heteroatoms. The number of hydrogen-bond donors (Lipinski definition) is 0. The van der Waals surface area contributed by atoms with Crippen molar-refractivity contribution in [1.82, 2.24) is 19.7 Å². The van der Waals surface area contributed by atoms with E-state index in [0.717, 1.165) is 64.7 Å². The number of aromatic nitrogens is 1.